The number of nitrogens with one attached hydrogen (secondary N) is 1. The van der Waals surface area contributed by atoms with Gasteiger partial charge < -0.3 is 10.2 Å². The number of nitro benzene ring substituents is 1. The van der Waals surface area contributed by atoms with E-state index >= 15 is 0 Å². The van der Waals surface area contributed by atoms with Gasteiger partial charge in [0.05, 0.1) is 4.92 Å². The minimum absolute atomic E-state index is 0.0306. The molecule has 1 aromatic rings. The van der Waals surface area contributed by atoms with E-state index in [-0.39, 0.29) is 35.9 Å². The monoisotopic (exact) mass is 345 g/mol. The normalized spacial score (nSPS) is 20.5. The molecule has 2 fully saturated rings. The highest BCUT2D eigenvalue weighted by Crippen LogP contribution is 2.30. The molecular weight excluding hydrogens is 322 g/mol. The Bertz CT molecular complexity index is 672. The van der Waals surface area contributed by atoms with Crippen LogP contribution in [0.5, 0.6) is 0 Å². The van der Waals surface area contributed by atoms with E-state index in [1.54, 1.807) is 17.0 Å². The topological polar surface area (TPSA) is 92.6 Å². The zero-order valence-electron chi connectivity index (χ0n) is 14.1. The first kappa shape index (κ1) is 17.4. The summed E-state index contributed by atoms with van der Waals surface area (Å²) in [6, 6.07) is 6.60. The Kier molecular flexibility index (Phi) is 5.31. The number of hydrogen-bond acceptors (Lipinski definition) is 4. The van der Waals surface area contributed by atoms with Crippen LogP contribution in [-0.2, 0) is 16.1 Å². The van der Waals surface area contributed by atoms with E-state index < -0.39 is 4.92 Å². The Morgan fingerprint density at radius 1 is 1.28 bits per heavy atom. The molecule has 3 rings (SSSR count). The lowest BCUT2D eigenvalue weighted by Crippen LogP contribution is -2.37. The third-order valence-corrected chi connectivity index (χ3v) is 4.85. The molecule has 1 saturated heterocycles. The van der Waals surface area contributed by atoms with E-state index in [9.17, 15) is 19.7 Å². The SMILES string of the molecule is O=C1NCCCC[C@H]1CC(=O)N(Cc1cccc([N+](=O)[O-])c1)C1CC1. The van der Waals surface area contributed by atoms with Crippen LogP contribution < -0.4 is 5.32 Å². The van der Waals surface area contributed by atoms with Crippen LogP contribution in [0, 0.1) is 16.0 Å². The smallest absolute Gasteiger partial charge is 0.269 e. The zero-order valence-corrected chi connectivity index (χ0v) is 14.1. The maximum atomic E-state index is 12.8. The molecule has 1 heterocycles. The molecule has 1 N–H and O–H groups in total. The van der Waals surface area contributed by atoms with Crippen LogP contribution in [0.4, 0.5) is 5.69 Å². The fourth-order valence-corrected chi connectivity index (χ4v) is 3.30. The highest BCUT2D eigenvalue weighted by Gasteiger charge is 2.34. The van der Waals surface area contributed by atoms with Crippen LogP contribution in [0.15, 0.2) is 24.3 Å². The average molecular weight is 345 g/mol. The summed E-state index contributed by atoms with van der Waals surface area (Å²) in [5.41, 5.74) is 0.781. The predicted molar refractivity (Wildman–Crippen MR) is 91.6 cm³/mol. The number of carbonyl (C=O) groups excluding carboxylic acids is 2. The lowest BCUT2D eigenvalue weighted by Gasteiger charge is -2.24. The van der Waals surface area contributed by atoms with Crippen molar-refractivity contribution in [1.29, 1.82) is 0 Å². The van der Waals surface area contributed by atoms with Crippen molar-refractivity contribution in [1.82, 2.24) is 10.2 Å². The van der Waals surface area contributed by atoms with Crippen LogP contribution in [-0.4, -0.2) is 34.2 Å². The van der Waals surface area contributed by atoms with Crippen LogP contribution in [0.1, 0.15) is 44.1 Å². The van der Waals surface area contributed by atoms with Gasteiger partial charge in [-0.15, -0.1) is 0 Å². The molecule has 7 nitrogen and oxygen atoms in total. The Balaban J connectivity index is 1.68. The molecule has 134 valence electrons. The summed E-state index contributed by atoms with van der Waals surface area (Å²) in [5, 5.41) is 13.8. The third-order valence-electron chi connectivity index (χ3n) is 4.85. The second-order valence-electron chi connectivity index (χ2n) is 6.87. The van der Waals surface area contributed by atoms with Crippen molar-refractivity contribution in [3.8, 4) is 0 Å². The summed E-state index contributed by atoms with van der Waals surface area (Å²) in [6.45, 7) is 1.04. The summed E-state index contributed by atoms with van der Waals surface area (Å²) in [6.07, 6.45) is 4.78. The van der Waals surface area contributed by atoms with Crippen LogP contribution in [0.3, 0.4) is 0 Å². The van der Waals surface area contributed by atoms with Crippen molar-refractivity contribution in [3.63, 3.8) is 0 Å². The number of nitrogens with zero attached hydrogens (tertiary/aromatic N) is 2. The highest BCUT2D eigenvalue weighted by molar-refractivity contribution is 5.86. The molecule has 1 atom stereocenters. The van der Waals surface area contributed by atoms with Gasteiger partial charge in [0.2, 0.25) is 11.8 Å². The third kappa shape index (κ3) is 4.55. The van der Waals surface area contributed by atoms with E-state index in [0.717, 1.165) is 37.7 Å². The number of rotatable bonds is 6. The number of non-ortho nitro benzene ring substituents is 1. The number of carbonyl (C=O) groups is 2. The number of hydrogen-bond donors (Lipinski definition) is 1. The van der Waals surface area contributed by atoms with Gasteiger partial charge >= 0.3 is 0 Å². The number of nitro groups is 1. The number of benzene rings is 1. The molecule has 2 aliphatic rings. The van der Waals surface area contributed by atoms with Gasteiger partial charge in [-0.2, -0.15) is 0 Å². The van der Waals surface area contributed by atoms with Crippen LogP contribution in [0.25, 0.3) is 0 Å². The molecule has 0 aromatic heterocycles. The van der Waals surface area contributed by atoms with Crippen molar-refractivity contribution in [2.75, 3.05) is 6.54 Å². The molecule has 7 heteroatoms. The summed E-state index contributed by atoms with van der Waals surface area (Å²) in [4.78, 5) is 37.2. The molecule has 0 bridgehead atoms. The Morgan fingerprint density at radius 3 is 2.80 bits per heavy atom. The van der Waals surface area contributed by atoms with Gasteiger partial charge in [-0.3, -0.25) is 19.7 Å². The number of amides is 2. The minimum atomic E-state index is -0.428. The lowest BCUT2D eigenvalue weighted by molar-refractivity contribution is -0.384. The zero-order chi connectivity index (χ0) is 17.8. The fourth-order valence-electron chi connectivity index (χ4n) is 3.30. The summed E-state index contributed by atoms with van der Waals surface area (Å²) in [5.74, 6) is -0.325. The second-order valence-corrected chi connectivity index (χ2v) is 6.87. The lowest BCUT2D eigenvalue weighted by atomic mass is 9.98. The largest absolute Gasteiger partial charge is 0.356 e. The molecule has 0 radical (unpaired) electrons. The summed E-state index contributed by atoms with van der Waals surface area (Å²) in [7, 11) is 0. The standard InChI is InChI=1S/C18H23N3O4/c22-17(11-14-5-1-2-9-19-18(14)23)20(15-7-8-15)12-13-4-3-6-16(10-13)21(24)25/h3-4,6,10,14-15H,1-2,5,7-9,11-12H2,(H,19,23)/t14-/m0/s1. The maximum Gasteiger partial charge on any atom is 0.269 e. The molecule has 0 spiro atoms. The van der Waals surface area contributed by atoms with Crippen molar-refractivity contribution in [3.05, 3.63) is 39.9 Å². The fraction of sp³-hybridized carbons (Fsp3) is 0.556. The molecule has 1 aliphatic heterocycles. The average Bonchev–Trinajstić information content (AvgIpc) is 3.43. The van der Waals surface area contributed by atoms with Gasteiger partial charge in [-0.05, 0) is 31.2 Å². The molecule has 0 unspecified atom stereocenters. The summed E-state index contributed by atoms with van der Waals surface area (Å²) < 4.78 is 0. The predicted octanol–water partition coefficient (Wildman–Crippen LogP) is 2.39. The molecule has 1 saturated carbocycles. The Morgan fingerprint density at radius 2 is 2.08 bits per heavy atom. The Labute approximate surface area is 146 Å². The van der Waals surface area contributed by atoms with Gasteiger partial charge in [-0.1, -0.05) is 18.6 Å². The van der Waals surface area contributed by atoms with E-state index in [1.807, 2.05) is 0 Å². The van der Waals surface area contributed by atoms with E-state index in [1.165, 1.54) is 12.1 Å². The van der Waals surface area contributed by atoms with Crippen molar-refractivity contribution >= 4 is 17.5 Å². The molecule has 1 aliphatic carbocycles. The minimum Gasteiger partial charge on any atom is -0.356 e. The van der Waals surface area contributed by atoms with Crippen molar-refractivity contribution < 1.29 is 14.5 Å². The van der Waals surface area contributed by atoms with Gasteiger partial charge in [0, 0.05) is 43.6 Å². The maximum absolute atomic E-state index is 12.8. The van der Waals surface area contributed by atoms with Gasteiger partial charge in [0.25, 0.3) is 5.69 Å². The summed E-state index contributed by atoms with van der Waals surface area (Å²) >= 11 is 0. The van der Waals surface area contributed by atoms with Crippen molar-refractivity contribution in [2.45, 2.75) is 51.1 Å². The van der Waals surface area contributed by atoms with E-state index in [2.05, 4.69) is 5.32 Å². The van der Waals surface area contributed by atoms with Gasteiger partial charge in [0.1, 0.15) is 0 Å². The molecule has 1 aromatic carbocycles. The molecule has 2 amide bonds. The van der Waals surface area contributed by atoms with Gasteiger partial charge in [-0.25, -0.2) is 0 Å². The first-order valence-electron chi connectivity index (χ1n) is 8.85. The van der Waals surface area contributed by atoms with Gasteiger partial charge in [0.15, 0.2) is 0 Å². The van der Waals surface area contributed by atoms with E-state index in [0.29, 0.717) is 13.1 Å². The highest BCUT2D eigenvalue weighted by atomic mass is 16.6. The van der Waals surface area contributed by atoms with Crippen LogP contribution in [0.2, 0.25) is 0 Å². The first-order chi connectivity index (χ1) is 12.0. The van der Waals surface area contributed by atoms with Crippen molar-refractivity contribution in [2.24, 2.45) is 5.92 Å². The molecular formula is C18H23N3O4. The van der Waals surface area contributed by atoms with E-state index in [4.69, 9.17) is 0 Å². The first-order valence-corrected chi connectivity index (χ1v) is 8.85. The molecule has 25 heavy (non-hydrogen) atoms. The quantitative estimate of drug-likeness (QED) is 0.633. The van der Waals surface area contributed by atoms with Crippen LogP contribution >= 0.6 is 0 Å². The Hall–Kier alpha value is -2.44. The second kappa shape index (κ2) is 7.63.